The molecule has 3 heterocycles. The van der Waals surface area contributed by atoms with Crippen LogP contribution in [0.3, 0.4) is 0 Å². The molecule has 0 saturated carbocycles. The van der Waals surface area contributed by atoms with Crippen LogP contribution in [0.4, 0.5) is 0 Å². The molecule has 0 bridgehead atoms. The molecule has 4 nitrogen and oxygen atoms in total. The second kappa shape index (κ2) is 11.3. The van der Waals surface area contributed by atoms with Gasteiger partial charge in [-0.05, 0) is 74.5 Å². The monoisotopic (exact) mass is 705 g/mol. The number of benzene rings is 8. The fourth-order valence-corrected chi connectivity index (χ4v) is 9.69. The topological polar surface area (TPSA) is 51.8 Å². The van der Waals surface area contributed by atoms with Gasteiger partial charge in [0.05, 0.1) is 0 Å². The molecule has 1 aliphatic carbocycles. The predicted octanol–water partition coefficient (Wildman–Crippen LogP) is 13.6. The Balaban J connectivity index is 1.09. The third-order valence-electron chi connectivity index (χ3n) is 10.9. The van der Waals surface area contributed by atoms with E-state index in [1.165, 1.54) is 58.8 Å². The third kappa shape index (κ3) is 4.27. The minimum atomic E-state index is 0.608. The molecule has 1 aliphatic rings. The number of furan rings is 1. The van der Waals surface area contributed by atoms with Gasteiger partial charge in [0, 0.05) is 47.6 Å². The van der Waals surface area contributed by atoms with E-state index >= 15 is 0 Å². The van der Waals surface area contributed by atoms with Crippen LogP contribution in [0.1, 0.15) is 0 Å². The molecule has 0 amide bonds. The van der Waals surface area contributed by atoms with Crippen LogP contribution in [0, 0.1) is 0 Å². The fraction of sp³-hybridized carbons (Fsp3) is 0. The molecule has 0 N–H and O–H groups in total. The van der Waals surface area contributed by atoms with Crippen LogP contribution in [0.2, 0.25) is 0 Å². The van der Waals surface area contributed by atoms with Crippen molar-refractivity contribution < 1.29 is 4.42 Å². The van der Waals surface area contributed by atoms with E-state index in [9.17, 15) is 0 Å². The van der Waals surface area contributed by atoms with E-state index in [2.05, 4.69) is 133 Å². The zero-order valence-corrected chi connectivity index (χ0v) is 29.6. The van der Waals surface area contributed by atoms with Crippen LogP contribution >= 0.6 is 11.3 Å². The van der Waals surface area contributed by atoms with Gasteiger partial charge >= 0.3 is 0 Å². The first-order valence-electron chi connectivity index (χ1n) is 18.1. The largest absolute Gasteiger partial charge is 0.456 e. The van der Waals surface area contributed by atoms with Crippen LogP contribution in [-0.2, 0) is 0 Å². The Bertz CT molecular complexity index is 3340. The lowest BCUT2D eigenvalue weighted by Gasteiger charge is -2.11. The lowest BCUT2D eigenvalue weighted by atomic mass is 9.92. The maximum absolute atomic E-state index is 6.55. The first-order valence-corrected chi connectivity index (χ1v) is 18.9. The van der Waals surface area contributed by atoms with Crippen LogP contribution in [-0.4, -0.2) is 15.0 Å². The maximum atomic E-state index is 6.55. The number of hydrogen-bond acceptors (Lipinski definition) is 5. The number of thiophene rings is 1. The zero-order chi connectivity index (χ0) is 35.3. The van der Waals surface area contributed by atoms with Gasteiger partial charge in [0.1, 0.15) is 11.2 Å². The molecular formula is C49H27N3OS. The highest BCUT2D eigenvalue weighted by Gasteiger charge is 2.25. The Labute approximate surface area is 313 Å². The summed E-state index contributed by atoms with van der Waals surface area (Å²) in [5, 5.41) is 6.98. The van der Waals surface area contributed by atoms with E-state index in [0.29, 0.717) is 17.5 Å². The maximum Gasteiger partial charge on any atom is 0.164 e. The zero-order valence-electron chi connectivity index (χ0n) is 28.7. The van der Waals surface area contributed by atoms with Crippen molar-refractivity contribution in [3.8, 4) is 67.5 Å². The minimum absolute atomic E-state index is 0.608. The normalized spacial score (nSPS) is 12.1. The van der Waals surface area contributed by atoms with E-state index in [-0.39, 0.29) is 0 Å². The summed E-state index contributed by atoms with van der Waals surface area (Å²) in [6.07, 6.45) is 0. The van der Waals surface area contributed by atoms with E-state index in [1.54, 1.807) is 11.3 Å². The molecule has 0 saturated heterocycles. The summed E-state index contributed by atoms with van der Waals surface area (Å²) in [4.78, 5) is 15.6. The summed E-state index contributed by atoms with van der Waals surface area (Å²) >= 11 is 1.79. The smallest absolute Gasteiger partial charge is 0.164 e. The van der Waals surface area contributed by atoms with Crippen LogP contribution in [0.25, 0.3) is 120 Å². The van der Waals surface area contributed by atoms with Crippen LogP contribution < -0.4 is 0 Å². The van der Waals surface area contributed by atoms with Crippen molar-refractivity contribution in [2.24, 2.45) is 0 Å². The van der Waals surface area contributed by atoms with E-state index in [0.717, 1.165) is 44.2 Å². The number of aromatic nitrogens is 3. The average Bonchev–Trinajstić information content (AvgIpc) is 3.91. The second-order valence-corrected chi connectivity index (χ2v) is 15.0. The molecule has 8 aromatic carbocycles. The molecule has 12 rings (SSSR count). The molecule has 0 atom stereocenters. The highest BCUT2D eigenvalue weighted by atomic mass is 32.1. The van der Waals surface area contributed by atoms with Gasteiger partial charge in [0.2, 0.25) is 0 Å². The Kier molecular flexibility index (Phi) is 6.18. The van der Waals surface area contributed by atoms with E-state index in [1.807, 2.05) is 30.3 Å². The summed E-state index contributed by atoms with van der Waals surface area (Å²) < 4.78 is 9.00. The number of rotatable bonds is 4. The Morgan fingerprint density at radius 3 is 1.89 bits per heavy atom. The number of nitrogens with zero attached hydrogens (tertiary/aromatic N) is 3. The van der Waals surface area contributed by atoms with Crippen molar-refractivity contribution in [3.63, 3.8) is 0 Å². The minimum Gasteiger partial charge on any atom is -0.456 e. The third-order valence-corrected chi connectivity index (χ3v) is 12.0. The highest BCUT2D eigenvalue weighted by Crippen LogP contribution is 2.51. The summed E-state index contributed by atoms with van der Waals surface area (Å²) in [5.41, 5.74) is 11.9. The average molecular weight is 706 g/mol. The molecule has 11 aromatic rings. The van der Waals surface area contributed by atoms with Crippen molar-refractivity contribution in [2.75, 3.05) is 0 Å². The highest BCUT2D eigenvalue weighted by molar-refractivity contribution is 7.25. The van der Waals surface area contributed by atoms with Gasteiger partial charge < -0.3 is 4.42 Å². The quantitative estimate of drug-likeness (QED) is 0.183. The summed E-state index contributed by atoms with van der Waals surface area (Å²) in [6, 6.07) is 57.8. The van der Waals surface area contributed by atoms with Crippen molar-refractivity contribution in [1.82, 2.24) is 15.0 Å². The fourth-order valence-electron chi connectivity index (χ4n) is 8.56. The lowest BCUT2D eigenvalue weighted by Crippen LogP contribution is -2.00. The first-order chi connectivity index (χ1) is 26.8. The van der Waals surface area contributed by atoms with Gasteiger partial charge in [-0.1, -0.05) is 133 Å². The lowest BCUT2D eigenvalue weighted by molar-refractivity contribution is 0.669. The van der Waals surface area contributed by atoms with Crippen molar-refractivity contribution in [2.45, 2.75) is 0 Å². The Morgan fingerprint density at radius 1 is 0.370 bits per heavy atom. The molecule has 250 valence electrons. The molecule has 0 radical (unpaired) electrons. The molecule has 0 spiro atoms. The van der Waals surface area contributed by atoms with Gasteiger partial charge in [-0.3, -0.25) is 0 Å². The second-order valence-electron chi connectivity index (χ2n) is 13.9. The van der Waals surface area contributed by atoms with Crippen LogP contribution in [0.15, 0.2) is 168 Å². The van der Waals surface area contributed by atoms with Gasteiger partial charge in [0.25, 0.3) is 0 Å². The van der Waals surface area contributed by atoms with Crippen molar-refractivity contribution in [3.05, 3.63) is 164 Å². The van der Waals surface area contributed by atoms with Crippen molar-refractivity contribution in [1.29, 1.82) is 0 Å². The first kappa shape index (κ1) is 29.6. The SMILES string of the molecule is c1ccc(-c2nc(-c3cccc4oc5ccc(-c6cccc7c6-c6cccc8cccc-7c68)cc5c34)nc(-c3cccc4sc5ccccc5c34)n2)cc1. The molecule has 0 fully saturated rings. The Morgan fingerprint density at radius 2 is 1.02 bits per heavy atom. The summed E-state index contributed by atoms with van der Waals surface area (Å²) in [6.45, 7) is 0. The van der Waals surface area contributed by atoms with Gasteiger partial charge in [-0.2, -0.15) is 0 Å². The van der Waals surface area contributed by atoms with Gasteiger partial charge in [-0.15, -0.1) is 11.3 Å². The van der Waals surface area contributed by atoms with Crippen molar-refractivity contribution >= 4 is 64.2 Å². The van der Waals surface area contributed by atoms with Crippen LogP contribution in [0.5, 0.6) is 0 Å². The van der Waals surface area contributed by atoms with Gasteiger partial charge in [0.15, 0.2) is 17.5 Å². The molecule has 5 heteroatoms. The molecular weight excluding hydrogens is 679 g/mol. The predicted molar refractivity (Wildman–Crippen MR) is 224 cm³/mol. The van der Waals surface area contributed by atoms with E-state index < -0.39 is 0 Å². The summed E-state index contributed by atoms with van der Waals surface area (Å²) in [7, 11) is 0. The molecule has 3 aromatic heterocycles. The molecule has 54 heavy (non-hydrogen) atoms. The molecule has 0 unspecified atom stereocenters. The molecule has 0 aliphatic heterocycles. The number of hydrogen-bond donors (Lipinski definition) is 0. The Hall–Kier alpha value is -6.95. The summed E-state index contributed by atoms with van der Waals surface area (Å²) in [5.74, 6) is 1.88. The van der Waals surface area contributed by atoms with Gasteiger partial charge in [-0.25, -0.2) is 15.0 Å². The standard InChI is InChI=1S/C49H27N3OS/c1-2-11-29(12-3-1)47-50-48(52-49(51-47)37-21-10-24-42-46(37)34-15-4-5-23-41(34)54-42)36-20-9-22-40-45(36)38-27-30(25-26-39(38)53-40)31-16-8-18-33-32-17-6-13-28-14-7-19-35(43(28)32)44(31)33/h1-27H. The number of fused-ring (bicyclic) bond motifs is 9. The van der Waals surface area contributed by atoms with E-state index in [4.69, 9.17) is 19.4 Å².